The van der Waals surface area contributed by atoms with Crippen LogP contribution in [0.15, 0.2) is 53.6 Å². The van der Waals surface area contributed by atoms with Crippen LogP contribution in [0.4, 0.5) is 10.7 Å². The minimum absolute atomic E-state index is 0.0823. The fourth-order valence-electron chi connectivity index (χ4n) is 3.80. The summed E-state index contributed by atoms with van der Waals surface area (Å²) in [6.07, 6.45) is 1.48. The van der Waals surface area contributed by atoms with Gasteiger partial charge in [-0.1, -0.05) is 0 Å². The number of non-ortho nitro benzene ring substituents is 1. The van der Waals surface area contributed by atoms with Gasteiger partial charge in [0.25, 0.3) is 11.6 Å². The van der Waals surface area contributed by atoms with E-state index >= 15 is 0 Å². The van der Waals surface area contributed by atoms with Gasteiger partial charge in [-0.05, 0) is 35.2 Å². The lowest BCUT2D eigenvalue weighted by Crippen LogP contribution is -2.70. The second-order valence-electron chi connectivity index (χ2n) is 7.95. The van der Waals surface area contributed by atoms with Crippen LogP contribution in [0.2, 0.25) is 0 Å². The van der Waals surface area contributed by atoms with Crippen molar-refractivity contribution < 1.29 is 33.6 Å². The number of nitrogens with zero attached hydrogens (tertiary/aromatic N) is 3. The number of thioether (sulfide) groups is 1. The Morgan fingerprint density at radius 2 is 1.83 bits per heavy atom. The number of rotatable bonds is 8. The van der Waals surface area contributed by atoms with Crippen molar-refractivity contribution in [3.8, 4) is 0 Å². The molecule has 2 amide bonds. The van der Waals surface area contributed by atoms with Crippen LogP contribution in [0.25, 0.3) is 0 Å². The molecule has 2 unspecified atom stereocenters. The average Bonchev–Trinajstić information content (AvgIpc) is 3.38. The number of benzene rings is 1. The summed E-state index contributed by atoms with van der Waals surface area (Å²) in [5.41, 5.74) is 0.845. The molecule has 4 rings (SSSR count). The van der Waals surface area contributed by atoms with Crippen LogP contribution in [-0.4, -0.2) is 56.8 Å². The van der Waals surface area contributed by atoms with E-state index in [1.807, 2.05) is 0 Å². The van der Waals surface area contributed by atoms with Gasteiger partial charge in [0.05, 0.1) is 9.92 Å². The maximum absolute atomic E-state index is 13.1. The zero-order chi connectivity index (χ0) is 26.0. The Labute approximate surface area is 213 Å². The van der Waals surface area contributed by atoms with Gasteiger partial charge in [0, 0.05) is 37.8 Å². The van der Waals surface area contributed by atoms with Crippen LogP contribution in [0.1, 0.15) is 19.4 Å². The number of ether oxygens (including phenoxy) is 2. The number of nitro groups is 1. The van der Waals surface area contributed by atoms with Gasteiger partial charge in [0.1, 0.15) is 29.9 Å². The average molecular weight is 532 g/mol. The van der Waals surface area contributed by atoms with Crippen molar-refractivity contribution in [2.45, 2.75) is 37.1 Å². The second-order valence-corrected chi connectivity index (χ2v) is 10.1. The maximum Gasteiger partial charge on any atom is 0.323 e. The molecule has 2 aliphatic rings. The maximum atomic E-state index is 13.1. The van der Waals surface area contributed by atoms with Gasteiger partial charge in [-0.25, -0.2) is 0 Å². The van der Waals surface area contributed by atoms with Crippen LogP contribution in [-0.2, 0) is 35.3 Å². The summed E-state index contributed by atoms with van der Waals surface area (Å²) in [4.78, 5) is 63.0. The number of thiophene rings is 1. The number of anilines is 1. The molecule has 3 atom stereocenters. The highest BCUT2D eigenvalue weighted by atomic mass is 32.2. The lowest BCUT2D eigenvalue weighted by atomic mass is 10.0. The third-order valence-corrected chi connectivity index (χ3v) is 7.91. The van der Waals surface area contributed by atoms with Gasteiger partial charge in [-0.3, -0.25) is 34.2 Å². The van der Waals surface area contributed by atoms with Crippen LogP contribution in [0.3, 0.4) is 0 Å². The molecule has 1 saturated heterocycles. The topological polar surface area (TPSA) is 136 Å². The monoisotopic (exact) mass is 531 g/mol. The van der Waals surface area contributed by atoms with E-state index in [-0.39, 0.29) is 30.7 Å². The van der Waals surface area contributed by atoms with E-state index in [0.717, 1.165) is 11.8 Å². The molecule has 0 spiro atoms. The van der Waals surface area contributed by atoms with E-state index in [1.165, 1.54) is 65.4 Å². The lowest BCUT2D eigenvalue weighted by Gasteiger charge is -2.51. The van der Waals surface area contributed by atoms with Crippen molar-refractivity contribution in [1.29, 1.82) is 0 Å². The standard InChI is InChI=1S/C23H21N3O8S2/c1-13(27)25(18-4-3-9-35-18)19-21(29)24-10-16(12-33-14(2)28)20(36-22(19)24)23(30)34-11-15-5-7-17(8-6-15)26(31)32/h3-10,19-20,22H,11-12H2,1-2H3/t19?,20?,22-/m1/s1. The van der Waals surface area contributed by atoms with Crippen LogP contribution < -0.4 is 4.90 Å². The van der Waals surface area contributed by atoms with Crippen molar-refractivity contribution in [3.05, 3.63) is 69.2 Å². The number of fused-ring (bicyclic) bond motifs is 1. The number of hydrogen-bond donors (Lipinski definition) is 0. The third kappa shape index (κ3) is 5.11. The normalized spacial score (nSPS) is 20.5. The largest absolute Gasteiger partial charge is 0.461 e. The molecule has 1 fully saturated rings. The predicted octanol–water partition coefficient (Wildman–Crippen LogP) is 2.85. The first-order valence-electron chi connectivity index (χ1n) is 10.7. The number of hydrogen-bond acceptors (Lipinski definition) is 10. The number of carbonyl (C=O) groups is 4. The van der Waals surface area contributed by atoms with Crippen molar-refractivity contribution in [1.82, 2.24) is 4.90 Å². The molecule has 0 aliphatic carbocycles. The van der Waals surface area contributed by atoms with Gasteiger partial charge in [0.15, 0.2) is 0 Å². The van der Waals surface area contributed by atoms with Gasteiger partial charge >= 0.3 is 11.9 Å². The molecule has 11 nitrogen and oxygen atoms in total. The minimum atomic E-state index is -0.892. The Hall–Kier alpha value is -3.71. The van der Waals surface area contributed by atoms with E-state index in [2.05, 4.69) is 0 Å². The summed E-state index contributed by atoms with van der Waals surface area (Å²) in [7, 11) is 0. The third-order valence-electron chi connectivity index (χ3n) is 5.51. The first kappa shape index (κ1) is 25.4. The van der Waals surface area contributed by atoms with Crippen LogP contribution in [0, 0.1) is 10.1 Å². The molecule has 2 aromatic rings. The molecule has 36 heavy (non-hydrogen) atoms. The number of amides is 2. The molecule has 13 heteroatoms. The first-order valence-corrected chi connectivity index (χ1v) is 12.5. The highest BCUT2D eigenvalue weighted by Crippen LogP contribution is 2.44. The fraction of sp³-hybridized carbons (Fsp3) is 0.304. The number of esters is 2. The molecule has 1 aromatic carbocycles. The van der Waals surface area contributed by atoms with Gasteiger partial charge in [-0.15, -0.1) is 23.1 Å². The Morgan fingerprint density at radius 1 is 1.11 bits per heavy atom. The Bertz CT molecular complexity index is 1230. The number of β-lactam (4-membered cyclic amide) rings is 1. The minimum Gasteiger partial charge on any atom is -0.461 e. The molecule has 1 aromatic heterocycles. The summed E-state index contributed by atoms with van der Waals surface area (Å²) in [5.74, 6) is -1.79. The molecule has 0 N–H and O–H groups in total. The molecule has 2 aliphatic heterocycles. The van der Waals surface area contributed by atoms with E-state index in [4.69, 9.17) is 9.47 Å². The van der Waals surface area contributed by atoms with Crippen LogP contribution >= 0.6 is 23.1 Å². The molecular formula is C23H21N3O8S2. The SMILES string of the molecule is CC(=O)OCC1=CN2C(=O)C(N(C(C)=O)c3cccs3)[C@H]2SC1C(=O)OCc1ccc([N+](=O)[O-])cc1. The second kappa shape index (κ2) is 10.5. The predicted molar refractivity (Wildman–Crippen MR) is 131 cm³/mol. The molecular weight excluding hydrogens is 510 g/mol. The summed E-state index contributed by atoms with van der Waals surface area (Å²) < 4.78 is 10.5. The molecule has 0 radical (unpaired) electrons. The van der Waals surface area contributed by atoms with Crippen molar-refractivity contribution in [2.75, 3.05) is 11.5 Å². The fourth-order valence-corrected chi connectivity index (χ4v) is 6.06. The summed E-state index contributed by atoms with van der Waals surface area (Å²) in [6, 6.07) is 8.32. The van der Waals surface area contributed by atoms with E-state index in [1.54, 1.807) is 17.5 Å². The van der Waals surface area contributed by atoms with Gasteiger partial charge in [-0.2, -0.15) is 0 Å². The van der Waals surface area contributed by atoms with E-state index in [0.29, 0.717) is 16.1 Å². The number of nitro benzene ring substituents is 1. The van der Waals surface area contributed by atoms with Crippen molar-refractivity contribution in [2.24, 2.45) is 0 Å². The molecule has 188 valence electrons. The molecule has 0 saturated carbocycles. The van der Waals surface area contributed by atoms with E-state index in [9.17, 15) is 29.3 Å². The Kier molecular flexibility index (Phi) is 7.40. The summed E-state index contributed by atoms with van der Waals surface area (Å²) >= 11 is 2.46. The van der Waals surface area contributed by atoms with Crippen LogP contribution in [0.5, 0.6) is 0 Å². The van der Waals surface area contributed by atoms with Crippen molar-refractivity contribution >= 4 is 57.5 Å². The Morgan fingerprint density at radius 3 is 2.42 bits per heavy atom. The highest BCUT2D eigenvalue weighted by Gasteiger charge is 2.56. The summed E-state index contributed by atoms with van der Waals surface area (Å²) in [6.45, 7) is 2.28. The molecule has 3 heterocycles. The number of carbonyl (C=O) groups excluding carboxylic acids is 4. The zero-order valence-electron chi connectivity index (χ0n) is 19.2. The molecule has 0 bridgehead atoms. The smallest absolute Gasteiger partial charge is 0.323 e. The Balaban J connectivity index is 1.53. The highest BCUT2D eigenvalue weighted by molar-refractivity contribution is 8.01. The summed E-state index contributed by atoms with van der Waals surface area (Å²) in [5, 5.41) is 11.8. The van der Waals surface area contributed by atoms with Gasteiger partial charge in [0.2, 0.25) is 5.91 Å². The first-order chi connectivity index (χ1) is 17.2. The quantitative estimate of drug-likeness (QED) is 0.218. The van der Waals surface area contributed by atoms with Crippen molar-refractivity contribution in [3.63, 3.8) is 0 Å². The van der Waals surface area contributed by atoms with E-state index < -0.39 is 33.5 Å². The lowest BCUT2D eigenvalue weighted by molar-refractivity contribution is -0.384. The zero-order valence-corrected chi connectivity index (χ0v) is 20.8. The van der Waals surface area contributed by atoms with Gasteiger partial charge < -0.3 is 14.4 Å².